The largest absolute Gasteiger partial charge is 0.468 e. The van der Waals surface area contributed by atoms with Crippen LogP contribution >= 0.6 is 10.8 Å². The number of carbonyl (C=O) groups is 1. The topological polar surface area (TPSA) is 79.2 Å². The minimum Gasteiger partial charge on any atom is -0.468 e. The molecule has 0 aromatic heterocycles. The molecule has 4 rings (SSSR count). The van der Waals surface area contributed by atoms with Crippen molar-refractivity contribution >= 4 is 16.7 Å². The molecule has 2 fully saturated rings. The summed E-state index contributed by atoms with van der Waals surface area (Å²) in [6.07, 6.45) is 2.30. The first kappa shape index (κ1) is 24.2. The Morgan fingerprint density at radius 3 is 2.52 bits per heavy atom. The van der Waals surface area contributed by atoms with Crippen LogP contribution < -0.4 is 0 Å². The number of methoxy groups -OCH3 is 1. The van der Waals surface area contributed by atoms with E-state index in [4.69, 9.17) is 9.47 Å². The average molecular weight is 478 g/mol. The molecule has 33 heavy (non-hydrogen) atoms. The average Bonchev–Trinajstić information content (AvgIpc) is 2.82. The van der Waals surface area contributed by atoms with E-state index in [1.165, 1.54) is 13.2 Å². The minimum absolute atomic E-state index is 0.0767. The number of esters is 1. The summed E-state index contributed by atoms with van der Waals surface area (Å²) in [5, 5.41) is -0.415. The van der Waals surface area contributed by atoms with Gasteiger partial charge in [-0.25, -0.2) is 4.39 Å². The summed E-state index contributed by atoms with van der Waals surface area (Å²) in [5.41, 5.74) is 0.891. The van der Waals surface area contributed by atoms with E-state index in [0.717, 1.165) is 12.0 Å². The fourth-order valence-electron chi connectivity index (χ4n) is 5.06. The van der Waals surface area contributed by atoms with Crippen molar-refractivity contribution in [3.63, 3.8) is 0 Å². The molecular formula is C25H32FNO5S. The molecule has 2 aliphatic heterocycles. The van der Waals surface area contributed by atoms with Gasteiger partial charge in [-0.2, -0.15) is 4.31 Å². The highest BCUT2D eigenvalue weighted by Gasteiger charge is 2.44. The molecule has 2 aromatic carbocycles. The van der Waals surface area contributed by atoms with E-state index in [-0.39, 0.29) is 18.6 Å². The van der Waals surface area contributed by atoms with Crippen molar-refractivity contribution in [2.45, 2.75) is 55.9 Å². The Morgan fingerprint density at radius 1 is 1.18 bits per heavy atom. The first-order chi connectivity index (χ1) is 15.8. The Morgan fingerprint density at radius 2 is 1.88 bits per heavy atom. The molecule has 0 bridgehead atoms. The lowest BCUT2D eigenvalue weighted by Gasteiger charge is -2.54. The van der Waals surface area contributed by atoms with E-state index in [0.29, 0.717) is 43.6 Å². The van der Waals surface area contributed by atoms with Gasteiger partial charge in [0.05, 0.1) is 17.8 Å². The van der Waals surface area contributed by atoms with Crippen LogP contribution in [0.1, 0.15) is 54.5 Å². The lowest BCUT2D eigenvalue weighted by molar-refractivity contribution is -0.151. The molecule has 0 amide bonds. The van der Waals surface area contributed by atoms with Crippen molar-refractivity contribution in [2.75, 3.05) is 20.3 Å². The molecule has 8 heteroatoms. The van der Waals surface area contributed by atoms with Gasteiger partial charge >= 0.3 is 5.97 Å². The minimum atomic E-state index is -3.17. The van der Waals surface area contributed by atoms with E-state index in [1.54, 1.807) is 16.4 Å². The van der Waals surface area contributed by atoms with Crippen LogP contribution in [-0.2, 0) is 26.2 Å². The smallest absolute Gasteiger partial charge is 0.316 e. The van der Waals surface area contributed by atoms with Crippen LogP contribution in [0.15, 0.2) is 48.5 Å². The van der Waals surface area contributed by atoms with Crippen LogP contribution in [0.5, 0.6) is 0 Å². The van der Waals surface area contributed by atoms with Crippen LogP contribution in [0, 0.1) is 5.82 Å². The van der Waals surface area contributed by atoms with Crippen molar-refractivity contribution < 1.29 is 27.8 Å². The maximum absolute atomic E-state index is 15.3. The zero-order valence-electron chi connectivity index (χ0n) is 19.1. The molecule has 2 N–H and O–H groups in total. The molecule has 2 aromatic rings. The second-order valence-corrected chi connectivity index (χ2v) is 11.1. The molecule has 180 valence electrons. The van der Waals surface area contributed by atoms with E-state index in [9.17, 15) is 13.9 Å². The number of nitrogens with zero attached hydrogens (tertiary/aromatic N) is 1. The van der Waals surface area contributed by atoms with Crippen molar-refractivity contribution in [1.29, 1.82) is 0 Å². The van der Waals surface area contributed by atoms with Gasteiger partial charge in [-0.3, -0.25) is 13.9 Å². The Labute approximate surface area is 196 Å². The van der Waals surface area contributed by atoms with Crippen LogP contribution in [0.3, 0.4) is 0 Å². The molecule has 2 aliphatic rings. The molecule has 0 radical (unpaired) electrons. The van der Waals surface area contributed by atoms with Gasteiger partial charge in [0.2, 0.25) is 0 Å². The third-order valence-corrected chi connectivity index (χ3v) is 9.54. The van der Waals surface area contributed by atoms with Gasteiger partial charge in [0.25, 0.3) is 0 Å². The fraction of sp³-hybridized carbons (Fsp3) is 0.480. The molecule has 2 atom stereocenters. The predicted molar refractivity (Wildman–Crippen MR) is 126 cm³/mol. The molecule has 0 saturated carbocycles. The SMILES string of the molecule is COC(=O)C1(c2ccc(CN3[C@@H](C)CC[C@H](c4ccccc4)S3(O)O)c(F)c2)CCOCC1. The van der Waals surface area contributed by atoms with Crippen LogP contribution in [0.2, 0.25) is 0 Å². The highest BCUT2D eigenvalue weighted by atomic mass is 32.3. The molecule has 2 heterocycles. The number of hydrogen-bond acceptors (Lipinski definition) is 6. The Bertz CT molecular complexity index is 980. The second-order valence-electron chi connectivity index (χ2n) is 8.95. The lowest BCUT2D eigenvalue weighted by atomic mass is 9.74. The first-order valence-corrected chi connectivity index (χ1v) is 12.9. The van der Waals surface area contributed by atoms with Crippen LogP contribution in [0.4, 0.5) is 4.39 Å². The van der Waals surface area contributed by atoms with Crippen LogP contribution in [0.25, 0.3) is 0 Å². The van der Waals surface area contributed by atoms with Gasteiger partial charge in [-0.15, -0.1) is 10.8 Å². The summed E-state index contributed by atoms with van der Waals surface area (Å²) < 4.78 is 49.9. The number of halogens is 1. The molecule has 2 saturated heterocycles. The van der Waals surface area contributed by atoms with E-state index < -0.39 is 27.3 Å². The van der Waals surface area contributed by atoms with Gasteiger partial charge < -0.3 is 9.47 Å². The Hall–Kier alpha value is -1.97. The van der Waals surface area contributed by atoms with Crippen molar-refractivity contribution in [3.8, 4) is 0 Å². The van der Waals surface area contributed by atoms with Gasteiger partial charge in [-0.1, -0.05) is 42.5 Å². The molecule has 0 unspecified atom stereocenters. The molecule has 6 nitrogen and oxygen atoms in total. The summed E-state index contributed by atoms with van der Waals surface area (Å²) in [4.78, 5) is 12.6. The summed E-state index contributed by atoms with van der Waals surface area (Å²) in [7, 11) is -1.82. The number of benzene rings is 2. The zero-order valence-corrected chi connectivity index (χ0v) is 19.9. The third-order valence-electron chi connectivity index (χ3n) is 7.09. The van der Waals surface area contributed by atoms with Gasteiger partial charge in [0.1, 0.15) is 5.82 Å². The number of carbonyl (C=O) groups excluding carboxylic acids is 1. The Kier molecular flexibility index (Phi) is 7.12. The highest BCUT2D eigenvalue weighted by molar-refractivity contribution is 8.22. The monoisotopic (exact) mass is 477 g/mol. The first-order valence-electron chi connectivity index (χ1n) is 11.3. The van der Waals surface area contributed by atoms with Crippen molar-refractivity contribution in [2.24, 2.45) is 0 Å². The van der Waals surface area contributed by atoms with E-state index in [2.05, 4.69) is 0 Å². The Balaban J connectivity index is 1.61. The summed E-state index contributed by atoms with van der Waals surface area (Å²) in [5.74, 6) is -0.853. The quantitative estimate of drug-likeness (QED) is 0.559. The summed E-state index contributed by atoms with van der Waals surface area (Å²) in [6.45, 7) is 2.83. The van der Waals surface area contributed by atoms with Gasteiger partial charge in [0.15, 0.2) is 0 Å². The standard InChI is InChI=1S/C25H32FNO5S/c1-18-8-11-23(19-6-4-3-5-7-19)33(29,30)27(18)17-20-9-10-21(16-22(20)26)25(24(28)31-2)12-14-32-15-13-25/h3-7,9-10,16,18,23,29-30H,8,11-15,17H2,1-2H3/t18-,23+/m0/s1. The third kappa shape index (κ3) is 4.55. The number of rotatable bonds is 5. The second kappa shape index (κ2) is 9.72. The predicted octanol–water partition coefficient (Wildman–Crippen LogP) is 5.44. The maximum Gasteiger partial charge on any atom is 0.316 e. The number of ether oxygens (including phenoxy) is 2. The zero-order chi connectivity index (χ0) is 23.6. The maximum atomic E-state index is 15.3. The van der Waals surface area contributed by atoms with Gasteiger partial charge in [-0.05, 0) is 49.8 Å². The van der Waals surface area contributed by atoms with E-state index in [1.807, 2.05) is 37.3 Å². The lowest BCUT2D eigenvalue weighted by Crippen LogP contribution is -2.43. The molecular weight excluding hydrogens is 445 g/mol. The van der Waals surface area contributed by atoms with Crippen molar-refractivity contribution in [3.05, 3.63) is 71.0 Å². The molecule has 0 aliphatic carbocycles. The van der Waals surface area contributed by atoms with Gasteiger partial charge in [0, 0.05) is 31.4 Å². The normalized spacial score (nSPS) is 25.8. The highest BCUT2D eigenvalue weighted by Crippen LogP contribution is 2.63. The number of hydrogen-bond donors (Lipinski definition) is 2. The fourth-order valence-corrected chi connectivity index (χ4v) is 7.32. The summed E-state index contributed by atoms with van der Waals surface area (Å²) in [6, 6.07) is 14.2. The summed E-state index contributed by atoms with van der Waals surface area (Å²) >= 11 is 0. The van der Waals surface area contributed by atoms with Crippen LogP contribution in [-0.4, -0.2) is 45.7 Å². The van der Waals surface area contributed by atoms with Crippen molar-refractivity contribution in [1.82, 2.24) is 4.31 Å². The van der Waals surface area contributed by atoms with E-state index >= 15 is 4.39 Å². The molecule has 0 spiro atoms.